The van der Waals surface area contributed by atoms with E-state index in [2.05, 4.69) is 10.1 Å². The lowest BCUT2D eigenvalue weighted by atomic mass is 10.0. The molecule has 1 fully saturated rings. The highest BCUT2D eigenvalue weighted by Crippen LogP contribution is 2.34. The lowest BCUT2D eigenvalue weighted by Crippen LogP contribution is -2.39. The zero-order valence-corrected chi connectivity index (χ0v) is 17.7. The van der Waals surface area contributed by atoms with Gasteiger partial charge in [-0.05, 0) is 49.7 Å². The second-order valence-corrected chi connectivity index (χ2v) is 7.59. The molecular weight excluding hydrogens is 401 g/mol. The van der Waals surface area contributed by atoms with Crippen molar-refractivity contribution in [3.8, 4) is 11.3 Å². The van der Waals surface area contributed by atoms with Gasteiger partial charge in [-0.1, -0.05) is 12.1 Å². The number of anilines is 1. The number of furan rings is 1. The van der Waals surface area contributed by atoms with E-state index in [1.54, 1.807) is 29.2 Å². The van der Waals surface area contributed by atoms with E-state index in [9.17, 15) is 9.18 Å². The molecule has 0 unspecified atom stereocenters. The summed E-state index contributed by atoms with van der Waals surface area (Å²) in [6.07, 6.45) is 2.26. The molecule has 0 spiro atoms. The fraction of sp³-hybridized carbons (Fsp3) is 0.391. The molecule has 1 saturated heterocycles. The number of hydrogen-bond donors (Lipinski definition) is 0. The van der Waals surface area contributed by atoms with Crippen molar-refractivity contribution in [2.45, 2.75) is 32.9 Å². The number of halogens is 1. The Bertz CT molecular complexity index is 995. The molecule has 2 aromatic heterocycles. The summed E-state index contributed by atoms with van der Waals surface area (Å²) in [5.41, 5.74) is 2.12. The predicted octanol–water partition coefficient (Wildman–Crippen LogP) is 4.35. The van der Waals surface area contributed by atoms with Crippen LogP contribution < -0.4 is 4.90 Å². The van der Waals surface area contributed by atoms with Gasteiger partial charge in [0.05, 0.1) is 31.6 Å². The number of ether oxygens (including phenoxy) is 1. The standard InChI is InChI=1S/C23H26FN3O4/c1-3-16(2)27(22(28)20-5-4-12-30-20)15-19-21(17-6-8-18(24)9-7-17)25-31-23(19)26-10-13-29-14-11-26/h4-9,12,16H,3,10-11,13-15H2,1-2H3/t16-/m1/s1. The first-order chi connectivity index (χ1) is 15.1. The third-order valence-electron chi connectivity index (χ3n) is 5.63. The monoisotopic (exact) mass is 427 g/mol. The van der Waals surface area contributed by atoms with E-state index in [0.717, 1.165) is 17.5 Å². The van der Waals surface area contributed by atoms with Gasteiger partial charge in [-0.3, -0.25) is 4.79 Å². The summed E-state index contributed by atoms with van der Waals surface area (Å²) < 4.78 is 30.1. The molecule has 3 aromatic rings. The highest BCUT2D eigenvalue weighted by atomic mass is 19.1. The Labute approximate surface area is 180 Å². The van der Waals surface area contributed by atoms with Crippen LogP contribution >= 0.6 is 0 Å². The van der Waals surface area contributed by atoms with Crippen LogP contribution in [0.25, 0.3) is 11.3 Å². The fourth-order valence-electron chi connectivity index (χ4n) is 3.65. The maximum atomic E-state index is 13.5. The van der Waals surface area contributed by atoms with Crippen LogP contribution in [-0.2, 0) is 11.3 Å². The minimum atomic E-state index is -0.323. The first-order valence-electron chi connectivity index (χ1n) is 10.5. The van der Waals surface area contributed by atoms with Gasteiger partial charge < -0.3 is 23.5 Å². The third-order valence-corrected chi connectivity index (χ3v) is 5.63. The zero-order valence-electron chi connectivity index (χ0n) is 17.7. The lowest BCUT2D eigenvalue weighted by Gasteiger charge is -2.30. The van der Waals surface area contributed by atoms with Crippen molar-refractivity contribution in [1.82, 2.24) is 10.1 Å². The lowest BCUT2D eigenvalue weighted by molar-refractivity contribution is 0.0638. The van der Waals surface area contributed by atoms with Gasteiger partial charge in [0.1, 0.15) is 11.5 Å². The number of amides is 1. The van der Waals surface area contributed by atoms with Gasteiger partial charge in [0.15, 0.2) is 5.76 Å². The van der Waals surface area contributed by atoms with E-state index in [-0.39, 0.29) is 30.1 Å². The highest BCUT2D eigenvalue weighted by molar-refractivity contribution is 5.91. The van der Waals surface area contributed by atoms with Crippen LogP contribution in [0, 0.1) is 5.82 Å². The minimum Gasteiger partial charge on any atom is -0.459 e. The van der Waals surface area contributed by atoms with Crippen LogP contribution in [0.2, 0.25) is 0 Å². The number of hydrogen-bond acceptors (Lipinski definition) is 6. The molecular formula is C23H26FN3O4. The van der Waals surface area contributed by atoms with E-state index in [0.29, 0.717) is 37.9 Å². The van der Waals surface area contributed by atoms with Crippen molar-refractivity contribution < 1.29 is 22.9 Å². The van der Waals surface area contributed by atoms with Crippen molar-refractivity contribution >= 4 is 11.8 Å². The molecule has 31 heavy (non-hydrogen) atoms. The molecule has 1 aliphatic heterocycles. The molecule has 4 rings (SSSR count). The number of morpholine rings is 1. The first kappa shape index (κ1) is 21.1. The van der Waals surface area contributed by atoms with E-state index in [1.165, 1.54) is 18.4 Å². The Kier molecular flexibility index (Phi) is 6.36. The van der Waals surface area contributed by atoms with Gasteiger partial charge in [0, 0.05) is 24.7 Å². The van der Waals surface area contributed by atoms with Crippen molar-refractivity contribution in [3.63, 3.8) is 0 Å². The fourth-order valence-corrected chi connectivity index (χ4v) is 3.65. The molecule has 1 aromatic carbocycles. The van der Waals surface area contributed by atoms with Crippen LogP contribution in [0.3, 0.4) is 0 Å². The largest absolute Gasteiger partial charge is 0.459 e. The van der Waals surface area contributed by atoms with E-state index >= 15 is 0 Å². The van der Waals surface area contributed by atoms with Crippen LogP contribution in [0.5, 0.6) is 0 Å². The first-order valence-corrected chi connectivity index (χ1v) is 10.5. The summed E-state index contributed by atoms with van der Waals surface area (Å²) in [5, 5.41) is 4.31. The van der Waals surface area contributed by atoms with Crippen molar-refractivity contribution in [2.75, 3.05) is 31.2 Å². The molecule has 0 saturated carbocycles. The third kappa shape index (κ3) is 4.49. The van der Waals surface area contributed by atoms with E-state index in [4.69, 9.17) is 13.7 Å². The SMILES string of the molecule is CC[C@@H](C)N(Cc1c(-c2ccc(F)cc2)noc1N1CCOCC1)C(=O)c1ccco1. The number of nitrogens with zero attached hydrogens (tertiary/aromatic N) is 3. The molecule has 164 valence electrons. The van der Waals surface area contributed by atoms with Crippen molar-refractivity contribution in [1.29, 1.82) is 0 Å². The van der Waals surface area contributed by atoms with Crippen LogP contribution in [0.1, 0.15) is 36.4 Å². The minimum absolute atomic E-state index is 0.0360. The van der Waals surface area contributed by atoms with Gasteiger partial charge in [-0.25, -0.2) is 4.39 Å². The highest BCUT2D eigenvalue weighted by Gasteiger charge is 2.30. The van der Waals surface area contributed by atoms with Crippen molar-refractivity contribution in [2.24, 2.45) is 0 Å². The Hall–Kier alpha value is -3.13. The van der Waals surface area contributed by atoms with Gasteiger partial charge in [-0.15, -0.1) is 0 Å². The number of aromatic nitrogens is 1. The summed E-state index contributed by atoms with van der Waals surface area (Å²) in [5.74, 6) is 0.381. The molecule has 0 bridgehead atoms. The summed E-state index contributed by atoms with van der Waals surface area (Å²) in [7, 11) is 0. The number of rotatable bonds is 7. The summed E-state index contributed by atoms with van der Waals surface area (Å²) in [4.78, 5) is 17.1. The zero-order chi connectivity index (χ0) is 21.8. The second kappa shape index (κ2) is 9.34. The smallest absolute Gasteiger partial charge is 0.290 e. The molecule has 1 amide bonds. The maximum Gasteiger partial charge on any atom is 0.290 e. The van der Waals surface area contributed by atoms with Crippen LogP contribution in [-0.4, -0.2) is 48.3 Å². The average molecular weight is 427 g/mol. The average Bonchev–Trinajstić information content (AvgIpc) is 3.48. The molecule has 3 heterocycles. The molecule has 1 aliphatic rings. The number of carbonyl (C=O) groups excluding carboxylic acids is 1. The predicted molar refractivity (Wildman–Crippen MR) is 113 cm³/mol. The second-order valence-electron chi connectivity index (χ2n) is 7.59. The Morgan fingerprint density at radius 2 is 1.97 bits per heavy atom. The molecule has 0 N–H and O–H groups in total. The van der Waals surface area contributed by atoms with E-state index in [1.807, 2.05) is 13.8 Å². The normalized spacial score (nSPS) is 15.1. The summed E-state index contributed by atoms with van der Waals surface area (Å²) in [6.45, 7) is 6.84. The molecule has 1 atom stereocenters. The molecule has 7 nitrogen and oxygen atoms in total. The van der Waals surface area contributed by atoms with Crippen LogP contribution in [0.4, 0.5) is 10.3 Å². The van der Waals surface area contributed by atoms with Gasteiger partial charge in [0.2, 0.25) is 5.88 Å². The Morgan fingerprint density at radius 1 is 1.23 bits per heavy atom. The van der Waals surface area contributed by atoms with Crippen molar-refractivity contribution in [3.05, 3.63) is 59.8 Å². The van der Waals surface area contributed by atoms with Crippen LogP contribution in [0.15, 0.2) is 51.6 Å². The maximum absolute atomic E-state index is 13.5. The number of benzene rings is 1. The molecule has 8 heteroatoms. The topological polar surface area (TPSA) is 72.0 Å². The van der Waals surface area contributed by atoms with Gasteiger partial charge in [0.25, 0.3) is 5.91 Å². The van der Waals surface area contributed by atoms with E-state index < -0.39 is 0 Å². The Morgan fingerprint density at radius 3 is 2.61 bits per heavy atom. The van der Waals surface area contributed by atoms with Gasteiger partial charge >= 0.3 is 0 Å². The molecule has 0 aliphatic carbocycles. The molecule has 0 radical (unpaired) electrons. The number of carbonyl (C=O) groups is 1. The summed E-state index contributed by atoms with van der Waals surface area (Å²) in [6, 6.07) is 9.44. The summed E-state index contributed by atoms with van der Waals surface area (Å²) >= 11 is 0. The quantitative estimate of drug-likeness (QED) is 0.558. The van der Waals surface area contributed by atoms with Gasteiger partial charge in [-0.2, -0.15) is 0 Å². The Balaban J connectivity index is 1.74.